The third-order valence-electron chi connectivity index (χ3n) is 4.87. The molecule has 2 saturated carbocycles. The second-order valence-electron chi connectivity index (χ2n) is 6.54. The highest BCUT2D eigenvalue weighted by Gasteiger charge is 2.22. The van der Waals surface area contributed by atoms with E-state index in [2.05, 4.69) is 22.3 Å². The van der Waals surface area contributed by atoms with E-state index in [0.717, 1.165) is 38.0 Å². The van der Waals surface area contributed by atoms with Gasteiger partial charge in [-0.25, -0.2) is 0 Å². The Morgan fingerprint density at radius 2 is 2.05 bits per heavy atom. The van der Waals surface area contributed by atoms with Gasteiger partial charge in [0.1, 0.15) is 0 Å². The molecule has 1 aromatic rings. The zero-order chi connectivity index (χ0) is 13.8. The maximum absolute atomic E-state index is 9.52. The van der Waals surface area contributed by atoms with E-state index in [1.54, 1.807) is 0 Å². The molecule has 4 nitrogen and oxygen atoms in total. The number of aliphatic hydroxyl groups is 1. The standard InChI is InChI=1S/C16H27N3O/c20-16-7-6-13(10-16)11-17-12-14-8-9-19(18-14)15-4-2-1-3-5-15/h8-9,13,15-17,20H,1-7,10-12H2. The van der Waals surface area contributed by atoms with Gasteiger partial charge >= 0.3 is 0 Å². The van der Waals surface area contributed by atoms with Crippen LogP contribution in [0.4, 0.5) is 0 Å². The molecule has 2 fully saturated rings. The van der Waals surface area contributed by atoms with E-state index in [9.17, 15) is 5.11 Å². The molecule has 2 aliphatic rings. The molecule has 0 aliphatic heterocycles. The molecule has 2 aliphatic carbocycles. The van der Waals surface area contributed by atoms with Crippen LogP contribution in [-0.4, -0.2) is 27.5 Å². The summed E-state index contributed by atoms with van der Waals surface area (Å²) in [6, 6.07) is 2.77. The number of aromatic nitrogens is 2. The zero-order valence-electron chi connectivity index (χ0n) is 12.3. The fraction of sp³-hybridized carbons (Fsp3) is 0.812. The van der Waals surface area contributed by atoms with Crippen LogP contribution in [-0.2, 0) is 6.54 Å². The van der Waals surface area contributed by atoms with Gasteiger partial charge in [0.2, 0.25) is 0 Å². The van der Waals surface area contributed by atoms with Gasteiger partial charge in [-0.2, -0.15) is 5.10 Å². The Bertz CT molecular complexity index is 412. The quantitative estimate of drug-likeness (QED) is 0.870. The lowest BCUT2D eigenvalue weighted by Gasteiger charge is -2.21. The lowest BCUT2D eigenvalue weighted by atomic mass is 9.96. The summed E-state index contributed by atoms with van der Waals surface area (Å²) >= 11 is 0. The fourth-order valence-electron chi connectivity index (χ4n) is 3.66. The van der Waals surface area contributed by atoms with Gasteiger partial charge in [-0.15, -0.1) is 0 Å². The maximum atomic E-state index is 9.52. The summed E-state index contributed by atoms with van der Waals surface area (Å²) in [6.07, 6.45) is 11.8. The Kier molecular flexibility index (Phi) is 4.73. The van der Waals surface area contributed by atoms with E-state index in [1.807, 2.05) is 0 Å². The monoisotopic (exact) mass is 277 g/mol. The molecule has 0 saturated heterocycles. The Morgan fingerprint density at radius 1 is 1.20 bits per heavy atom. The van der Waals surface area contributed by atoms with Gasteiger partial charge in [0.25, 0.3) is 0 Å². The molecule has 0 amide bonds. The summed E-state index contributed by atoms with van der Waals surface area (Å²) in [7, 11) is 0. The third kappa shape index (κ3) is 3.61. The number of hydrogen-bond donors (Lipinski definition) is 2. The van der Waals surface area contributed by atoms with Crippen LogP contribution < -0.4 is 5.32 Å². The normalized spacial score (nSPS) is 28.1. The molecule has 2 atom stereocenters. The van der Waals surface area contributed by atoms with Crippen molar-refractivity contribution < 1.29 is 5.11 Å². The molecular weight excluding hydrogens is 250 g/mol. The first kappa shape index (κ1) is 14.1. The van der Waals surface area contributed by atoms with Gasteiger partial charge in [-0.3, -0.25) is 4.68 Å². The second-order valence-corrected chi connectivity index (χ2v) is 6.54. The molecular formula is C16H27N3O. The number of nitrogens with one attached hydrogen (secondary N) is 1. The second kappa shape index (κ2) is 6.72. The minimum Gasteiger partial charge on any atom is -0.393 e. The molecule has 0 aromatic carbocycles. The van der Waals surface area contributed by atoms with Crippen molar-refractivity contribution in [2.45, 2.75) is 70.1 Å². The summed E-state index contributed by atoms with van der Waals surface area (Å²) in [5, 5.41) is 17.7. The maximum Gasteiger partial charge on any atom is 0.0762 e. The molecule has 20 heavy (non-hydrogen) atoms. The minimum atomic E-state index is -0.0627. The van der Waals surface area contributed by atoms with Crippen molar-refractivity contribution in [3.63, 3.8) is 0 Å². The molecule has 3 rings (SSSR count). The van der Waals surface area contributed by atoms with Crippen molar-refractivity contribution in [2.24, 2.45) is 5.92 Å². The number of nitrogens with zero attached hydrogens (tertiary/aromatic N) is 2. The summed E-state index contributed by atoms with van der Waals surface area (Å²) in [4.78, 5) is 0. The molecule has 0 radical (unpaired) electrons. The number of hydrogen-bond acceptors (Lipinski definition) is 3. The summed E-state index contributed by atoms with van der Waals surface area (Å²) < 4.78 is 2.18. The van der Waals surface area contributed by atoms with Gasteiger partial charge < -0.3 is 10.4 Å². The lowest BCUT2D eigenvalue weighted by Crippen LogP contribution is -2.22. The Hall–Kier alpha value is -0.870. The van der Waals surface area contributed by atoms with E-state index in [4.69, 9.17) is 5.10 Å². The SMILES string of the molecule is OC1CCC(CNCc2ccn(C3CCCCC3)n2)C1. The van der Waals surface area contributed by atoms with Crippen molar-refractivity contribution in [3.8, 4) is 0 Å². The molecule has 0 bridgehead atoms. The summed E-state index contributed by atoms with van der Waals surface area (Å²) in [6.45, 7) is 1.86. The predicted molar refractivity (Wildman–Crippen MR) is 79.4 cm³/mol. The van der Waals surface area contributed by atoms with Crippen LogP contribution in [0.3, 0.4) is 0 Å². The van der Waals surface area contributed by atoms with Gasteiger partial charge in [0.15, 0.2) is 0 Å². The minimum absolute atomic E-state index is 0.0627. The fourth-order valence-corrected chi connectivity index (χ4v) is 3.66. The third-order valence-corrected chi connectivity index (χ3v) is 4.87. The molecule has 4 heteroatoms. The molecule has 1 aromatic heterocycles. The van der Waals surface area contributed by atoms with E-state index in [1.165, 1.54) is 32.1 Å². The first-order valence-electron chi connectivity index (χ1n) is 8.24. The Balaban J connectivity index is 1.43. The molecule has 1 heterocycles. The van der Waals surface area contributed by atoms with Gasteiger partial charge in [0.05, 0.1) is 17.8 Å². The Labute approximate surface area is 121 Å². The topological polar surface area (TPSA) is 50.1 Å². The molecule has 2 N–H and O–H groups in total. The van der Waals surface area contributed by atoms with E-state index < -0.39 is 0 Å². The average Bonchev–Trinajstić information content (AvgIpc) is 3.09. The van der Waals surface area contributed by atoms with Crippen LogP contribution in [0.1, 0.15) is 63.1 Å². The first-order chi connectivity index (χ1) is 9.81. The van der Waals surface area contributed by atoms with Crippen molar-refractivity contribution in [1.82, 2.24) is 15.1 Å². The van der Waals surface area contributed by atoms with Gasteiger partial charge in [-0.1, -0.05) is 19.3 Å². The van der Waals surface area contributed by atoms with Crippen LogP contribution in [0.25, 0.3) is 0 Å². The molecule has 112 valence electrons. The van der Waals surface area contributed by atoms with E-state index in [0.29, 0.717) is 12.0 Å². The van der Waals surface area contributed by atoms with Crippen LogP contribution in [0.2, 0.25) is 0 Å². The van der Waals surface area contributed by atoms with Crippen LogP contribution in [0.5, 0.6) is 0 Å². The van der Waals surface area contributed by atoms with Crippen molar-refractivity contribution in [1.29, 1.82) is 0 Å². The first-order valence-corrected chi connectivity index (χ1v) is 8.24. The number of rotatable bonds is 5. The highest BCUT2D eigenvalue weighted by molar-refractivity contribution is 4.99. The number of aliphatic hydroxyl groups excluding tert-OH is 1. The molecule has 2 unspecified atom stereocenters. The molecule has 0 spiro atoms. The van der Waals surface area contributed by atoms with Crippen LogP contribution in [0, 0.1) is 5.92 Å². The largest absolute Gasteiger partial charge is 0.393 e. The lowest BCUT2D eigenvalue weighted by molar-refractivity contribution is 0.177. The van der Waals surface area contributed by atoms with Crippen LogP contribution in [0.15, 0.2) is 12.3 Å². The zero-order valence-corrected chi connectivity index (χ0v) is 12.3. The summed E-state index contributed by atoms with van der Waals surface area (Å²) in [5.74, 6) is 0.644. The van der Waals surface area contributed by atoms with Gasteiger partial charge in [0, 0.05) is 12.7 Å². The smallest absolute Gasteiger partial charge is 0.0762 e. The van der Waals surface area contributed by atoms with E-state index in [-0.39, 0.29) is 6.10 Å². The van der Waals surface area contributed by atoms with Crippen molar-refractivity contribution in [2.75, 3.05) is 6.54 Å². The predicted octanol–water partition coefficient (Wildman–Crippen LogP) is 2.64. The van der Waals surface area contributed by atoms with Crippen molar-refractivity contribution >= 4 is 0 Å². The van der Waals surface area contributed by atoms with E-state index >= 15 is 0 Å². The van der Waals surface area contributed by atoms with Crippen LogP contribution >= 0.6 is 0 Å². The van der Waals surface area contributed by atoms with Gasteiger partial charge in [-0.05, 0) is 50.6 Å². The Morgan fingerprint density at radius 3 is 2.80 bits per heavy atom. The highest BCUT2D eigenvalue weighted by Crippen LogP contribution is 2.27. The average molecular weight is 277 g/mol. The summed E-state index contributed by atoms with van der Waals surface area (Å²) in [5.41, 5.74) is 1.15. The van der Waals surface area contributed by atoms with Crippen molar-refractivity contribution in [3.05, 3.63) is 18.0 Å². The highest BCUT2D eigenvalue weighted by atomic mass is 16.3.